The molecule has 2 aromatic carbocycles. The predicted octanol–water partition coefficient (Wildman–Crippen LogP) is 5.33. The van der Waals surface area contributed by atoms with Gasteiger partial charge in [0.05, 0.1) is 17.3 Å². The van der Waals surface area contributed by atoms with Crippen molar-refractivity contribution in [3.63, 3.8) is 0 Å². The van der Waals surface area contributed by atoms with Crippen LogP contribution in [0.15, 0.2) is 30.3 Å². The van der Waals surface area contributed by atoms with Gasteiger partial charge < -0.3 is 10.1 Å². The van der Waals surface area contributed by atoms with Gasteiger partial charge in [0.15, 0.2) is 0 Å². The van der Waals surface area contributed by atoms with E-state index in [1.165, 1.54) is 12.1 Å². The molecule has 2 aromatic rings. The highest BCUT2D eigenvalue weighted by atomic mass is 35.5. The SMILES string of the molecule is Fc1cc2c(cc1Cl)NCC(c1cc(Cl)ccc1Cl)O2. The van der Waals surface area contributed by atoms with E-state index in [-0.39, 0.29) is 11.1 Å². The number of anilines is 1. The Kier molecular flexibility index (Phi) is 3.67. The molecule has 3 rings (SSSR count). The van der Waals surface area contributed by atoms with E-state index in [0.717, 1.165) is 5.56 Å². The standard InChI is InChI=1S/C14H9Cl3FNO/c15-7-1-2-9(16)8(3-7)14-6-19-12-4-10(17)11(18)5-13(12)20-14/h1-5,14,19H,6H2. The minimum Gasteiger partial charge on any atom is -0.482 e. The molecule has 1 heterocycles. The zero-order valence-corrected chi connectivity index (χ0v) is 12.4. The second kappa shape index (κ2) is 5.32. The van der Waals surface area contributed by atoms with Crippen LogP contribution < -0.4 is 10.1 Å². The lowest BCUT2D eigenvalue weighted by molar-refractivity contribution is 0.209. The van der Waals surface area contributed by atoms with E-state index in [1.807, 2.05) is 0 Å². The fourth-order valence-electron chi connectivity index (χ4n) is 2.10. The number of fused-ring (bicyclic) bond motifs is 1. The summed E-state index contributed by atoms with van der Waals surface area (Å²) in [5.41, 5.74) is 1.42. The zero-order valence-electron chi connectivity index (χ0n) is 10.1. The van der Waals surface area contributed by atoms with Gasteiger partial charge in [0.25, 0.3) is 0 Å². The molecule has 2 nitrogen and oxygen atoms in total. The summed E-state index contributed by atoms with van der Waals surface area (Å²) in [6, 6.07) is 7.92. The van der Waals surface area contributed by atoms with Gasteiger partial charge in [0.2, 0.25) is 0 Å². The van der Waals surface area contributed by atoms with Gasteiger partial charge in [-0.25, -0.2) is 4.39 Å². The van der Waals surface area contributed by atoms with Crippen molar-refractivity contribution in [2.45, 2.75) is 6.10 Å². The van der Waals surface area contributed by atoms with Crippen LogP contribution >= 0.6 is 34.8 Å². The maximum absolute atomic E-state index is 13.5. The molecule has 0 fully saturated rings. The highest BCUT2D eigenvalue weighted by Gasteiger charge is 2.24. The molecule has 1 atom stereocenters. The molecule has 0 saturated carbocycles. The molecule has 1 aliphatic rings. The number of benzene rings is 2. The molecule has 0 radical (unpaired) electrons. The molecule has 0 aromatic heterocycles. The summed E-state index contributed by atoms with van der Waals surface area (Å²) in [6.07, 6.45) is -0.339. The molecule has 0 spiro atoms. The molecule has 0 aliphatic carbocycles. The Labute approximate surface area is 130 Å². The van der Waals surface area contributed by atoms with Gasteiger partial charge in [-0.15, -0.1) is 0 Å². The van der Waals surface area contributed by atoms with Crippen LogP contribution in [0.2, 0.25) is 15.1 Å². The van der Waals surface area contributed by atoms with Gasteiger partial charge in [-0.1, -0.05) is 34.8 Å². The molecular weight excluding hydrogens is 324 g/mol. The Hall–Kier alpha value is -1.16. The number of halogens is 4. The van der Waals surface area contributed by atoms with Crippen LogP contribution in [0.4, 0.5) is 10.1 Å². The first-order valence-electron chi connectivity index (χ1n) is 5.89. The fourth-order valence-corrected chi connectivity index (χ4v) is 2.68. The van der Waals surface area contributed by atoms with E-state index in [4.69, 9.17) is 39.5 Å². The Morgan fingerprint density at radius 1 is 1.10 bits per heavy atom. The number of nitrogens with one attached hydrogen (secondary N) is 1. The van der Waals surface area contributed by atoms with Crippen LogP contribution in [-0.2, 0) is 0 Å². The summed E-state index contributed by atoms with van der Waals surface area (Å²) in [6.45, 7) is 0.495. The molecule has 20 heavy (non-hydrogen) atoms. The van der Waals surface area contributed by atoms with E-state index < -0.39 is 5.82 Å². The van der Waals surface area contributed by atoms with Crippen LogP contribution in [0.3, 0.4) is 0 Å². The summed E-state index contributed by atoms with van der Waals surface area (Å²) >= 11 is 17.9. The summed E-state index contributed by atoms with van der Waals surface area (Å²) in [5, 5.41) is 4.33. The van der Waals surface area contributed by atoms with Crippen molar-refractivity contribution < 1.29 is 9.13 Å². The number of ether oxygens (including phenoxy) is 1. The van der Waals surface area contributed by atoms with E-state index in [9.17, 15) is 4.39 Å². The van der Waals surface area contributed by atoms with Gasteiger partial charge >= 0.3 is 0 Å². The topological polar surface area (TPSA) is 21.3 Å². The Bertz CT molecular complexity index is 678. The van der Waals surface area contributed by atoms with Crippen molar-refractivity contribution in [2.24, 2.45) is 0 Å². The van der Waals surface area contributed by atoms with Gasteiger partial charge in [-0.05, 0) is 24.3 Å². The minimum absolute atomic E-state index is 0.0547. The second-order valence-electron chi connectivity index (χ2n) is 4.42. The maximum Gasteiger partial charge on any atom is 0.146 e. The lowest BCUT2D eigenvalue weighted by atomic mass is 10.1. The van der Waals surface area contributed by atoms with Crippen molar-refractivity contribution in [2.75, 3.05) is 11.9 Å². The molecule has 0 amide bonds. The number of hydrogen-bond donors (Lipinski definition) is 1. The van der Waals surface area contributed by atoms with Gasteiger partial charge in [0.1, 0.15) is 17.7 Å². The third-order valence-corrected chi connectivity index (χ3v) is 3.94. The van der Waals surface area contributed by atoms with Crippen molar-refractivity contribution in [1.29, 1.82) is 0 Å². The van der Waals surface area contributed by atoms with Crippen LogP contribution in [0.25, 0.3) is 0 Å². The quantitative estimate of drug-likeness (QED) is 0.762. The smallest absolute Gasteiger partial charge is 0.146 e. The molecule has 0 bridgehead atoms. The summed E-state index contributed by atoms with van der Waals surface area (Å²) < 4.78 is 19.3. The van der Waals surface area contributed by atoms with E-state index in [0.29, 0.717) is 28.0 Å². The normalized spacial score (nSPS) is 17.1. The zero-order chi connectivity index (χ0) is 14.3. The number of hydrogen-bond acceptors (Lipinski definition) is 2. The monoisotopic (exact) mass is 331 g/mol. The molecule has 1 unspecified atom stereocenters. The summed E-state index contributed by atoms with van der Waals surface area (Å²) in [7, 11) is 0. The Morgan fingerprint density at radius 3 is 2.70 bits per heavy atom. The van der Waals surface area contributed by atoms with Crippen molar-refractivity contribution in [1.82, 2.24) is 0 Å². The summed E-state index contributed by atoms with van der Waals surface area (Å²) in [4.78, 5) is 0. The minimum atomic E-state index is -0.523. The largest absolute Gasteiger partial charge is 0.482 e. The maximum atomic E-state index is 13.5. The van der Waals surface area contributed by atoms with Crippen LogP contribution in [0.1, 0.15) is 11.7 Å². The molecule has 1 N–H and O–H groups in total. The molecule has 1 aliphatic heterocycles. The first-order valence-corrected chi connectivity index (χ1v) is 7.02. The van der Waals surface area contributed by atoms with E-state index >= 15 is 0 Å². The lowest BCUT2D eigenvalue weighted by Gasteiger charge is -2.28. The van der Waals surface area contributed by atoms with Gasteiger partial charge in [-0.2, -0.15) is 0 Å². The Morgan fingerprint density at radius 2 is 1.90 bits per heavy atom. The van der Waals surface area contributed by atoms with Crippen molar-refractivity contribution in [3.8, 4) is 5.75 Å². The second-order valence-corrected chi connectivity index (χ2v) is 5.67. The lowest BCUT2D eigenvalue weighted by Crippen LogP contribution is -2.24. The van der Waals surface area contributed by atoms with E-state index in [1.54, 1.807) is 18.2 Å². The predicted molar refractivity (Wildman–Crippen MR) is 79.7 cm³/mol. The van der Waals surface area contributed by atoms with E-state index in [2.05, 4.69) is 5.32 Å². The van der Waals surface area contributed by atoms with Crippen molar-refractivity contribution in [3.05, 3.63) is 56.8 Å². The van der Waals surface area contributed by atoms with Crippen LogP contribution in [0, 0.1) is 5.82 Å². The third-order valence-electron chi connectivity index (χ3n) is 3.07. The fraction of sp³-hybridized carbons (Fsp3) is 0.143. The molecule has 0 saturated heterocycles. The third kappa shape index (κ3) is 2.53. The van der Waals surface area contributed by atoms with Gasteiger partial charge in [0, 0.05) is 21.7 Å². The Balaban J connectivity index is 1.96. The highest BCUT2D eigenvalue weighted by molar-refractivity contribution is 6.33. The first kappa shape index (κ1) is 13.8. The average molecular weight is 333 g/mol. The van der Waals surface area contributed by atoms with Crippen LogP contribution in [0.5, 0.6) is 5.75 Å². The molecule has 104 valence electrons. The average Bonchev–Trinajstić information content (AvgIpc) is 2.42. The van der Waals surface area contributed by atoms with Crippen LogP contribution in [-0.4, -0.2) is 6.54 Å². The first-order chi connectivity index (χ1) is 9.54. The summed E-state index contributed by atoms with van der Waals surface area (Å²) in [5.74, 6) is -0.121. The molecule has 6 heteroatoms. The molecular formula is C14H9Cl3FNO. The highest BCUT2D eigenvalue weighted by Crippen LogP contribution is 2.39. The number of rotatable bonds is 1. The van der Waals surface area contributed by atoms with Crippen molar-refractivity contribution >= 4 is 40.5 Å². The van der Waals surface area contributed by atoms with Gasteiger partial charge in [-0.3, -0.25) is 0 Å².